The predicted molar refractivity (Wildman–Crippen MR) is 135 cm³/mol. The van der Waals surface area contributed by atoms with Gasteiger partial charge in [0.25, 0.3) is 11.8 Å². The second kappa shape index (κ2) is 12.0. The Balaban J connectivity index is 1.63. The Hall–Kier alpha value is -3.64. The number of hydrogen-bond donors (Lipinski definition) is 2. The molecule has 0 saturated heterocycles. The molecule has 0 fully saturated rings. The molecule has 34 heavy (non-hydrogen) atoms. The molecule has 7 heteroatoms. The lowest BCUT2D eigenvalue weighted by atomic mass is 10.0. The van der Waals surface area contributed by atoms with Crippen molar-refractivity contribution in [2.45, 2.75) is 33.4 Å². The normalized spacial score (nSPS) is 11.9. The molecule has 0 aliphatic carbocycles. The third-order valence-corrected chi connectivity index (χ3v) is 5.50. The maximum absolute atomic E-state index is 12.7. The molecule has 6 nitrogen and oxygen atoms in total. The smallest absolute Gasteiger partial charge is 0.262 e. The molecule has 1 unspecified atom stereocenters. The number of nitrogens with one attached hydrogen (secondary N) is 2. The van der Waals surface area contributed by atoms with Gasteiger partial charge in [0.05, 0.1) is 16.8 Å². The predicted octanol–water partition coefficient (Wildman–Crippen LogP) is 5.13. The van der Waals surface area contributed by atoms with E-state index in [0.29, 0.717) is 22.9 Å². The number of benzene rings is 3. The van der Waals surface area contributed by atoms with Gasteiger partial charge in [0, 0.05) is 5.56 Å². The molecule has 2 N–H and O–H groups in total. The Bertz CT molecular complexity index is 1160. The maximum Gasteiger partial charge on any atom is 0.262 e. The quantitative estimate of drug-likeness (QED) is 0.331. The lowest BCUT2D eigenvalue weighted by molar-refractivity contribution is -0.123. The lowest BCUT2D eigenvalue weighted by Gasteiger charge is -2.20. The van der Waals surface area contributed by atoms with Crippen LogP contribution in [0, 0.1) is 12.8 Å². The van der Waals surface area contributed by atoms with Crippen molar-refractivity contribution in [3.63, 3.8) is 0 Å². The molecule has 1 atom stereocenters. The van der Waals surface area contributed by atoms with Crippen LogP contribution in [-0.2, 0) is 11.4 Å². The van der Waals surface area contributed by atoms with E-state index in [1.807, 2.05) is 69.3 Å². The number of carbonyl (C=O) groups is 2. The zero-order chi connectivity index (χ0) is 24.5. The summed E-state index contributed by atoms with van der Waals surface area (Å²) < 4.78 is 5.95. The van der Waals surface area contributed by atoms with E-state index >= 15 is 0 Å². The molecule has 3 aromatic carbocycles. The fourth-order valence-electron chi connectivity index (χ4n) is 3.20. The minimum absolute atomic E-state index is 0.160. The zero-order valence-corrected chi connectivity index (χ0v) is 20.2. The van der Waals surface area contributed by atoms with E-state index in [2.05, 4.69) is 15.8 Å². The second-order valence-corrected chi connectivity index (χ2v) is 8.63. The minimum atomic E-state index is -0.783. The van der Waals surface area contributed by atoms with Crippen molar-refractivity contribution in [3.05, 3.63) is 100 Å². The standard InChI is InChI=1S/C27H28ClN3O3/c1-18(2)25(30-26(32)22-9-5-6-10-23(22)28)27(33)31-29-16-21-8-4-7-11-24(21)34-17-20-14-12-19(3)13-15-20/h4-16,18,25H,17H2,1-3H3,(H,30,32)(H,31,33)/b29-16+. The number of nitrogens with zero attached hydrogens (tertiary/aromatic N) is 1. The summed E-state index contributed by atoms with van der Waals surface area (Å²) in [7, 11) is 0. The van der Waals surface area contributed by atoms with E-state index in [1.165, 1.54) is 11.8 Å². The molecular weight excluding hydrogens is 450 g/mol. The number of para-hydroxylation sites is 1. The van der Waals surface area contributed by atoms with Gasteiger partial charge in [-0.05, 0) is 42.7 Å². The molecule has 3 aromatic rings. The topological polar surface area (TPSA) is 79.8 Å². The Kier molecular flexibility index (Phi) is 8.82. The average Bonchev–Trinajstić information content (AvgIpc) is 2.82. The van der Waals surface area contributed by atoms with Crippen molar-refractivity contribution in [2.75, 3.05) is 0 Å². The summed E-state index contributed by atoms with van der Waals surface area (Å²) in [6, 6.07) is 21.5. The molecule has 0 saturated carbocycles. The highest BCUT2D eigenvalue weighted by molar-refractivity contribution is 6.33. The van der Waals surface area contributed by atoms with Gasteiger partial charge in [0.15, 0.2) is 0 Å². The Morgan fingerprint density at radius 1 is 1.00 bits per heavy atom. The molecule has 0 aromatic heterocycles. The Morgan fingerprint density at radius 2 is 1.68 bits per heavy atom. The van der Waals surface area contributed by atoms with Crippen LogP contribution in [0.1, 0.15) is 40.9 Å². The van der Waals surface area contributed by atoms with Crippen molar-refractivity contribution < 1.29 is 14.3 Å². The van der Waals surface area contributed by atoms with Gasteiger partial charge in [-0.15, -0.1) is 0 Å². The van der Waals surface area contributed by atoms with Crippen molar-refractivity contribution in [3.8, 4) is 5.75 Å². The van der Waals surface area contributed by atoms with Gasteiger partial charge in [-0.25, -0.2) is 5.43 Å². The number of hydrogen-bond acceptors (Lipinski definition) is 4. The molecule has 2 amide bonds. The largest absolute Gasteiger partial charge is 0.488 e. The van der Waals surface area contributed by atoms with Crippen LogP contribution >= 0.6 is 11.6 Å². The van der Waals surface area contributed by atoms with Crippen LogP contribution in [0.4, 0.5) is 0 Å². The Morgan fingerprint density at radius 3 is 2.38 bits per heavy atom. The van der Waals surface area contributed by atoms with Crippen molar-refractivity contribution in [1.82, 2.24) is 10.7 Å². The van der Waals surface area contributed by atoms with Crippen molar-refractivity contribution in [1.29, 1.82) is 0 Å². The summed E-state index contributed by atoms with van der Waals surface area (Å²) in [5.41, 5.74) is 5.79. The molecule has 0 aliphatic rings. The van der Waals surface area contributed by atoms with Crippen LogP contribution in [-0.4, -0.2) is 24.1 Å². The number of rotatable bonds is 9. The van der Waals surface area contributed by atoms with Crippen LogP contribution in [0.25, 0.3) is 0 Å². The third kappa shape index (κ3) is 6.93. The molecule has 0 spiro atoms. The summed E-state index contributed by atoms with van der Waals surface area (Å²) >= 11 is 6.10. The van der Waals surface area contributed by atoms with E-state index < -0.39 is 17.9 Å². The zero-order valence-electron chi connectivity index (χ0n) is 19.4. The van der Waals surface area contributed by atoms with Gasteiger partial charge in [-0.2, -0.15) is 5.10 Å². The van der Waals surface area contributed by atoms with Crippen molar-refractivity contribution >= 4 is 29.6 Å². The third-order valence-electron chi connectivity index (χ3n) is 5.17. The molecule has 0 heterocycles. The van der Waals surface area contributed by atoms with Crippen LogP contribution in [0.5, 0.6) is 5.75 Å². The molecule has 3 rings (SSSR count). The summed E-state index contributed by atoms with van der Waals surface area (Å²) in [6.07, 6.45) is 1.52. The minimum Gasteiger partial charge on any atom is -0.488 e. The van der Waals surface area contributed by atoms with E-state index in [-0.39, 0.29) is 5.92 Å². The number of halogens is 1. The van der Waals surface area contributed by atoms with Crippen LogP contribution in [0.15, 0.2) is 77.9 Å². The first kappa shape index (κ1) is 25.0. The molecular formula is C27H28ClN3O3. The van der Waals surface area contributed by atoms with E-state index in [1.54, 1.807) is 24.3 Å². The van der Waals surface area contributed by atoms with Gasteiger partial charge < -0.3 is 10.1 Å². The average molecular weight is 478 g/mol. The van der Waals surface area contributed by atoms with Crippen LogP contribution in [0.2, 0.25) is 5.02 Å². The highest BCUT2D eigenvalue weighted by atomic mass is 35.5. The summed E-state index contributed by atoms with van der Waals surface area (Å²) in [5, 5.41) is 7.15. The molecule has 176 valence electrons. The number of hydrazone groups is 1. The highest BCUT2D eigenvalue weighted by Crippen LogP contribution is 2.18. The first-order chi connectivity index (χ1) is 16.3. The fourth-order valence-corrected chi connectivity index (χ4v) is 3.42. The highest BCUT2D eigenvalue weighted by Gasteiger charge is 2.25. The first-order valence-corrected chi connectivity index (χ1v) is 11.4. The van der Waals surface area contributed by atoms with Gasteiger partial charge in [0.2, 0.25) is 0 Å². The van der Waals surface area contributed by atoms with Gasteiger partial charge >= 0.3 is 0 Å². The van der Waals surface area contributed by atoms with Crippen molar-refractivity contribution in [2.24, 2.45) is 11.0 Å². The molecule has 0 radical (unpaired) electrons. The van der Waals surface area contributed by atoms with Gasteiger partial charge in [-0.1, -0.05) is 79.5 Å². The van der Waals surface area contributed by atoms with Crippen LogP contribution in [0.3, 0.4) is 0 Å². The number of amides is 2. The number of aryl methyl sites for hydroxylation is 1. The fraction of sp³-hybridized carbons (Fsp3) is 0.222. The second-order valence-electron chi connectivity index (χ2n) is 8.22. The monoisotopic (exact) mass is 477 g/mol. The summed E-state index contributed by atoms with van der Waals surface area (Å²) in [6.45, 7) is 6.14. The molecule has 0 bridgehead atoms. The maximum atomic E-state index is 12.7. The number of carbonyl (C=O) groups excluding carboxylic acids is 2. The lowest BCUT2D eigenvalue weighted by Crippen LogP contribution is -2.48. The van der Waals surface area contributed by atoms with Gasteiger partial charge in [0.1, 0.15) is 18.4 Å². The van der Waals surface area contributed by atoms with Gasteiger partial charge in [-0.3, -0.25) is 9.59 Å². The summed E-state index contributed by atoms with van der Waals surface area (Å²) in [4.78, 5) is 25.3. The SMILES string of the molecule is Cc1ccc(COc2ccccc2/C=N/NC(=O)C(NC(=O)c2ccccc2Cl)C(C)C)cc1. The van der Waals surface area contributed by atoms with Crippen LogP contribution < -0.4 is 15.5 Å². The van der Waals surface area contributed by atoms with E-state index in [0.717, 1.165) is 11.1 Å². The van der Waals surface area contributed by atoms with E-state index in [4.69, 9.17) is 16.3 Å². The molecule has 0 aliphatic heterocycles. The number of ether oxygens (including phenoxy) is 1. The van der Waals surface area contributed by atoms with E-state index in [9.17, 15) is 9.59 Å². The Labute approximate surface area is 205 Å². The summed E-state index contributed by atoms with van der Waals surface area (Å²) in [5.74, 6) is -0.358. The first-order valence-electron chi connectivity index (χ1n) is 11.0.